The quantitative estimate of drug-likeness (QED) is 0.794. The van der Waals surface area contributed by atoms with Crippen molar-refractivity contribution in [2.75, 3.05) is 13.2 Å². The first-order valence-electron chi connectivity index (χ1n) is 6.89. The molecule has 0 spiro atoms. The van der Waals surface area contributed by atoms with Crippen molar-refractivity contribution in [1.82, 2.24) is 5.32 Å². The summed E-state index contributed by atoms with van der Waals surface area (Å²) in [5.41, 5.74) is 1.00. The summed E-state index contributed by atoms with van der Waals surface area (Å²) in [6.07, 6.45) is 0.313. The first kappa shape index (κ1) is 15.4. The Morgan fingerprint density at radius 2 is 1.67 bits per heavy atom. The fraction of sp³-hybridized carbons (Fsp3) is 0.235. The Morgan fingerprint density at radius 1 is 1.05 bits per heavy atom. The number of alkyl halides is 1. The number of ether oxygens (including phenoxy) is 1. The molecule has 2 rings (SSSR count). The average molecular weight is 304 g/mol. The van der Waals surface area contributed by atoms with Crippen LogP contribution in [0.1, 0.15) is 17.4 Å². The Labute approximate surface area is 129 Å². The predicted molar refractivity (Wildman–Crippen MR) is 84.6 cm³/mol. The van der Waals surface area contributed by atoms with Crippen LogP contribution in [0.15, 0.2) is 60.7 Å². The molecule has 1 atom stereocenters. The topological polar surface area (TPSA) is 38.3 Å². The van der Waals surface area contributed by atoms with Crippen molar-refractivity contribution in [3.05, 3.63) is 66.2 Å². The van der Waals surface area contributed by atoms with Crippen molar-refractivity contribution in [3.8, 4) is 5.75 Å². The maximum atomic E-state index is 11.7. The van der Waals surface area contributed by atoms with Gasteiger partial charge in [0.1, 0.15) is 5.75 Å². The summed E-state index contributed by atoms with van der Waals surface area (Å²) in [6.45, 7) is 0.768. The third-order valence-corrected chi connectivity index (χ3v) is 3.39. The minimum absolute atomic E-state index is 0.0625. The molecule has 2 aromatic rings. The van der Waals surface area contributed by atoms with Gasteiger partial charge in [0.2, 0.25) is 5.91 Å². The van der Waals surface area contributed by atoms with Crippen LogP contribution in [0.25, 0.3) is 0 Å². The van der Waals surface area contributed by atoms with E-state index < -0.39 is 0 Å². The van der Waals surface area contributed by atoms with Gasteiger partial charge in [-0.15, -0.1) is 11.6 Å². The second kappa shape index (κ2) is 8.32. The molecule has 0 fully saturated rings. The molecule has 3 nitrogen and oxygen atoms in total. The maximum absolute atomic E-state index is 11.7. The van der Waals surface area contributed by atoms with Crippen LogP contribution >= 0.6 is 11.6 Å². The number of para-hydroxylation sites is 1. The van der Waals surface area contributed by atoms with Crippen LogP contribution in [0.5, 0.6) is 5.75 Å². The van der Waals surface area contributed by atoms with Gasteiger partial charge >= 0.3 is 0 Å². The van der Waals surface area contributed by atoms with Gasteiger partial charge in [-0.25, -0.2) is 0 Å². The second-order valence-electron chi connectivity index (χ2n) is 4.59. The minimum Gasteiger partial charge on any atom is -0.493 e. The lowest BCUT2D eigenvalue weighted by molar-refractivity contribution is -0.121. The Morgan fingerprint density at radius 3 is 2.33 bits per heavy atom. The molecule has 0 heterocycles. The number of rotatable bonds is 7. The van der Waals surface area contributed by atoms with E-state index in [-0.39, 0.29) is 11.3 Å². The zero-order valence-corrected chi connectivity index (χ0v) is 12.4. The second-order valence-corrected chi connectivity index (χ2v) is 5.12. The Balaban J connectivity index is 1.66. The van der Waals surface area contributed by atoms with E-state index in [2.05, 4.69) is 5.32 Å². The highest BCUT2D eigenvalue weighted by Gasteiger charge is 2.09. The maximum Gasteiger partial charge on any atom is 0.223 e. The number of carbonyl (C=O) groups is 1. The third-order valence-electron chi connectivity index (χ3n) is 2.98. The van der Waals surface area contributed by atoms with Crippen LogP contribution in [0.3, 0.4) is 0 Å². The summed E-state index contributed by atoms with van der Waals surface area (Å²) in [4.78, 5) is 11.7. The molecule has 0 bridgehead atoms. The number of carbonyl (C=O) groups excluding carboxylic acids is 1. The van der Waals surface area contributed by atoms with Gasteiger partial charge in [0, 0.05) is 6.54 Å². The minimum atomic E-state index is -0.217. The molecule has 0 aromatic heterocycles. The lowest BCUT2D eigenvalue weighted by Crippen LogP contribution is -2.28. The standard InChI is InChI=1S/C17H18ClNO2/c18-16(14-7-3-1-4-8-14)13-19-17(20)11-12-21-15-9-5-2-6-10-15/h1-10,16H,11-13H2,(H,19,20). The molecule has 0 aliphatic rings. The van der Waals surface area contributed by atoms with Crippen LogP contribution in [-0.4, -0.2) is 19.1 Å². The molecule has 0 aliphatic carbocycles. The smallest absolute Gasteiger partial charge is 0.223 e. The Bertz CT molecular complexity index is 545. The summed E-state index contributed by atoms with van der Waals surface area (Å²) in [5, 5.41) is 2.60. The molecule has 21 heavy (non-hydrogen) atoms. The highest BCUT2D eigenvalue weighted by atomic mass is 35.5. The Kier molecular flexibility index (Phi) is 6.10. The van der Waals surface area contributed by atoms with Crippen molar-refractivity contribution >= 4 is 17.5 Å². The molecule has 1 amide bonds. The van der Waals surface area contributed by atoms with Gasteiger partial charge < -0.3 is 10.1 Å². The molecule has 0 saturated carbocycles. The number of amides is 1. The van der Waals surface area contributed by atoms with Crippen LogP contribution in [0.2, 0.25) is 0 Å². The lowest BCUT2D eigenvalue weighted by Gasteiger charge is -2.11. The first-order chi connectivity index (χ1) is 10.3. The summed E-state index contributed by atoms with van der Waals surface area (Å²) >= 11 is 6.23. The zero-order chi connectivity index (χ0) is 14.9. The van der Waals surface area contributed by atoms with Crippen LogP contribution in [0, 0.1) is 0 Å². The fourth-order valence-electron chi connectivity index (χ4n) is 1.85. The number of nitrogens with one attached hydrogen (secondary N) is 1. The molecule has 110 valence electrons. The highest BCUT2D eigenvalue weighted by molar-refractivity contribution is 6.21. The number of hydrogen-bond acceptors (Lipinski definition) is 2. The van der Waals surface area contributed by atoms with Crippen molar-refractivity contribution in [2.45, 2.75) is 11.8 Å². The van der Waals surface area contributed by atoms with E-state index in [1.807, 2.05) is 60.7 Å². The van der Waals surface area contributed by atoms with Crippen molar-refractivity contribution in [3.63, 3.8) is 0 Å². The molecule has 1 unspecified atom stereocenters. The molecule has 0 aliphatic heterocycles. The fourth-order valence-corrected chi connectivity index (χ4v) is 2.07. The molecule has 2 aromatic carbocycles. The van der Waals surface area contributed by atoms with Crippen molar-refractivity contribution in [1.29, 1.82) is 0 Å². The van der Waals surface area contributed by atoms with Gasteiger partial charge in [-0.05, 0) is 17.7 Å². The predicted octanol–water partition coefficient (Wildman–Crippen LogP) is 3.55. The van der Waals surface area contributed by atoms with Gasteiger partial charge in [-0.1, -0.05) is 48.5 Å². The summed E-state index contributed by atoms with van der Waals surface area (Å²) in [5.74, 6) is 0.706. The van der Waals surface area contributed by atoms with Crippen molar-refractivity contribution in [2.24, 2.45) is 0 Å². The van der Waals surface area contributed by atoms with Gasteiger partial charge in [0.05, 0.1) is 18.4 Å². The molecule has 0 radical (unpaired) electrons. The average Bonchev–Trinajstić information content (AvgIpc) is 2.54. The molecule has 4 heteroatoms. The molecular weight excluding hydrogens is 286 g/mol. The monoisotopic (exact) mass is 303 g/mol. The molecule has 1 N–H and O–H groups in total. The van der Waals surface area contributed by atoms with Crippen molar-refractivity contribution < 1.29 is 9.53 Å². The highest BCUT2D eigenvalue weighted by Crippen LogP contribution is 2.18. The van der Waals surface area contributed by atoms with E-state index in [4.69, 9.17) is 16.3 Å². The van der Waals surface area contributed by atoms with Crippen LogP contribution in [0.4, 0.5) is 0 Å². The van der Waals surface area contributed by atoms with Gasteiger partial charge in [0.25, 0.3) is 0 Å². The van der Waals surface area contributed by atoms with Crippen LogP contribution < -0.4 is 10.1 Å². The van der Waals surface area contributed by atoms with E-state index in [1.165, 1.54) is 0 Å². The first-order valence-corrected chi connectivity index (χ1v) is 7.33. The molecule has 0 saturated heterocycles. The number of halogens is 1. The summed E-state index contributed by atoms with van der Waals surface area (Å²) in [7, 11) is 0. The number of hydrogen-bond donors (Lipinski definition) is 1. The zero-order valence-electron chi connectivity index (χ0n) is 11.7. The number of benzene rings is 2. The Hall–Kier alpha value is -2.00. The SMILES string of the molecule is O=C(CCOc1ccccc1)NCC(Cl)c1ccccc1. The third kappa shape index (κ3) is 5.48. The van der Waals surface area contributed by atoms with E-state index in [9.17, 15) is 4.79 Å². The van der Waals surface area contributed by atoms with E-state index >= 15 is 0 Å². The van der Waals surface area contributed by atoms with E-state index in [0.717, 1.165) is 11.3 Å². The van der Waals surface area contributed by atoms with E-state index in [1.54, 1.807) is 0 Å². The van der Waals surface area contributed by atoms with E-state index in [0.29, 0.717) is 19.6 Å². The largest absolute Gasteiger partial charge is 0.493 e. The summed E-state index contributed by atoms with van der Waals surface area (Å²) in [6, 6.07) is 19.1. The lowest BCUT2D eigenvalue weighted by atomic mass is 10.1. The normalized spacial score (nSPS) is 11.7. The molecular formula is C17H18ClNO2. The van der Waals surface area contributed by atoms with Gasteiger partial charge in [0.15, 0.2) is 0 Å². The van der Waals surface area contributed by atoms with Gasteiger partial charge in [-0.3, -0.25) is 4.79 Å². The van der Waals surface area contributed by atoms with Gasteiger partial charge in [-0.2, -0.15) is 0 Å². The van der Waals surface area contributed by atoms with Crippen LogP contribution in [-0.2, 0) is 4.79 Å². The summed E-state index contributed by atoms with van der Waals surface area (Å²) < 4.78 is 5.47.